The van der Waals surface area contributed by atoms with Gasteiger partial charge in [-0.25, -0.2) is 0 Å². The molecule has 0 spiro atoms. The standard InChI is InChI=1S/C19H23N3O3/c1-4-22-12-14(25-17-8-6-5-7-16(17)22)11-21(3)19(24)15-10-9-13(2)20-18(15)23/h5-10,14H,4,11-12H2,1-3H3,(H,20,23). The van der Waals surface area contributed by atoms with E-state index in [1.54, 1.807) is 31.0 Å². The first kappa shape index (κ1) is 17.1. The number of pyridine rings is 1. The Kier molecular flexibility index (Phi) is 4.79. The van der Waals surface area contributed by atoms with Crippen molar-refractivity contribution in [2.75, 3.05) is 31.6 Å². The molecule has 1 aliphatic rings. The summed E-state index contributed by atoms with van der Waals surface area (Å²) in [6.45, 7) is 5.87. The van der Waals surface area contributed by atoms with Gasteiger partial charge in [-0.3, -0.25) is 9.59 Å². The Morgan fingerprint density at radius 2 is 2.08 bits per heavy atom. The van der Waals surface area contributed by atoms with Crippen LogP contribution in [-0.2, 0) is 0 Å². The molecule has 0 saturated heterocycles. The van der Waals surface area contributed by atoms with Crippen LogP contribution in [0.5, 0.6) is 5.75 Å². The highest BCUT2D eigenvalue weighted by Crippen LogP contribution is 2.32. The van der Waals surface area contributed by atoms with Crippen molar-refractivity contribution in [1.29, 1.82) is 0 Å². The zero-order valence-corrected chi connectivity index (χ0v) is 14.8. The number of carbonyl (C=O) groups is 1. The Bertz CT molecular complexity index is 831. The number of hydrogen-bond acceptors (Lipinski definition) is 4. The number of carbonyl (C=O) groups excluding carboxylic acids is 1. The topological polar surface area (TPSA) is 65.6 Å². The Hall–Kier alpha value is -2.76. The molecule has 1 aromatic heterocycles. The molecule has 2 aromatic rings. The number of likely N-dealkylation sites (N-methyl/N-ethyl adjacent to an activating group) is 2. The van der Waals surface area contributed by atoms with Crippen LogP contribution in [0.15, 0.2) is 41.2 Å². The normalized spacial score (nSPS) is 16.1. The number of anilines is 1. The number of aromatic amines is 1. The van der Waals surface area contributed by atoms with Crippen molar-refractivity contribution in [2.24, 2.45) is 0 Å². The van der Waals surface area contributed by atoms with E-state index in [4.69, 9.17) is 4.74 Å². The van der Waals surface area contributed by atoms with E-state index < -0.39 is 0 Å². The smallest absolute Gasteiger partial charge is 0.260 e. The summed E-state index contributed by atoms with van der Waals surface area (Å²) in [6, 6.07) is 11.2. The van der Waals surface area contributed by atoms with Crippen LogP contribution in [0, 0.1) is 6.92 Å². The Balaban J connectivity index is 1.74. The summed E-state index contributed by atoms with van der Waals surface area (Å²) in [6.07, 6.45) is -0.145. The third-order valence-electron chi connectivity index (χ3n) is 4.42. The summed E-state index contributed by atoms with van der Waals surface area (Å²) in [4.78, 5) is 31.0. The van der Waals surface area contributed by atoms with Crippen LogP contribution in [0.3, 0.4) is 0 Å². The molecule has 3 rings (SSSR count). The van der Waals surface area contributed by atoms with E-state index in [0.29, 0.717) is 13.1 Å². The highest BCUT2D eigenvalue weighted by atomic mass is 16.5. The monoisotopic (exact) mass is 341 g/mol. The van der Waals surface area contributed by atoms with E-state index in [9.17, 15) is 9.59 Å². The predicted octanol–water partition coefficient (Wildman–Crippen LogP) is 2.04. The zero-order chi connectivity index (χ0) is 18.0. The second-order valence-electron chi connectivity index (χ2n) is 6.32. The molecular formula is C19H23N3O3. The van der Waals surface area contributed by atoms with Gasteiger partial charge in [-0.2, -0.15) is 0 Å². The molecule has 1 aliphatic heterocycles. The molecular weight excluding hydrogens is 318 g/mol. The molecule has 6 heteroatoms. The third-order valence-corrected chi connectivity index (χ3v) is 4.42. The van der Waals surface area contributed by atoms with E-state index in [0.717, 1.165) is 23.7 Å². The molecule has 1 aromatic carbocycles. The van der Waals surface area contributed by atoms with Gasteiger partial charge in [0.25, 0.3) is 11.5 Å². The molecule has 0 radical (unpaired) electrons. The molecule has 1 amide bonds. The summed E-state index contributed by atoms with van der Waals surface area (Å²) >= 11 is 0. The van der Waals surface area contributed by atoms with Crippen molar-refractivity contribution in [3.63, 3.8) is 0 Å². The Morgan fingerprint density at radius 1 is 1.32 bits per heavy atom. The number of aromatic nitrogens is 1. The molecule has 0 fully saturated rings. The number of amides is 1. The van der Waals surface area contributed by atoms with E-state index in [1.807, 2.05) is 24.3 Å². The first-order chi connectivity index (χ1) is 12.0. The fourth-order valence-corrected chi connectivity index (χ4v) is 3.11. The van der Waals surface area contributed by atoms with Crippen LogP contribution in [0.1, 0.15) is 23.0 Å². The summed E-state index contributed by atoms with van der Waals surface area (Å²) in [5.74, 6) is 0.529. The summed E-state index contributed by atoms with van der Waals surface area (Å²) in [5.41, 5.74) is 1.60. The van der Waals surface area contributed by atoms with Gasteiger partial charge < -0.3 is 19.5 Å². The average molecular weight is 341 g/mol. The zero-order valence-electron chi connectivity index (χ0n) is 14.8. The fourth-order valence-electron chi connectivity index (χ4n) is 3.11. The van der Waals surface area contributed by atoms with Gasteiger partial charge in [0, 0.05) is 19.3 Å². The van der Waals surface area contributed by atoms with Crippen LogP contribution < -0.4 is 15.2 Å². The highest BCUT2D eigenvalue weighted by molar-refractivity contribution is 5.93. The molecule has 132 valence electrons. The molecule has 0 aliphatic carbocycles. The van der Waals surface area contributed by atoms with Crippen molar-refractivity contribution in [2.45, 2.75) is 20.0 Å². The molecule has 6 nitrogen and oxygen atoms in total. The summed E-state index contributed by atoms with van der Waals surface area (Å²) in [7, 11) is 1.70. The fraction of sp³-hybridized carbons (Fsp3) is 0.368. The minimum absolute atomic E-state index is 0.145. The Labute approximate surface area is 147 Å². The lowest BCUT2D eigenvalue weighted by Gasteiger charge is -2.37. The molecule has 0 saturated carbocycles. The second-order valence-corrected chi connectivity index (χ2v) is 6.32. The van der Waals surface area contributed by atoms with Gasteiger partial charge in [0.15, 0.2) is 0 Å². The van der Waals surface area contributed by atoms with Crippen LogP contribution >= 0.6 is 0 Å². The minimum Gasteiger partial charge on any atom is -0.485 e. The summed E-state index contributed by atoms with van der Waals surface area (Å²) < 4.78 is 6.05. The average Bonchev–Trinajstić information content (AvgIpc) is 2.60. The number of nitrogens with one attached hydrogen (secondary N) is 1. The first-order valence-electron chi connectivity index (χ1n) is 8.45. The molecule has 1 N–H and O–H groups in total. The molecule has 0 bridgehead atoms. The van der Waals surface area contributed by atoms with Crippen molar-refractivity contribution in [1.82, 2.24) is 9.88 Å². The van der Waals surface area contributed by atoms with Crippen molar-refractivity contribution in [3.8, 4) is 5.75 Å². The lowest BCUT2D eigenvalue weighted by molar-refractivity contribution is 0.0708. The number of H-pyrrole nitrogens is 1. The molecule has 1 unspecified atom stereocenters. The van der Waals surface area contributed by atoms with Crippen LogP contribution in [0.25, 0.3) is 0 Å². The predicted molar refractivity (Wildman–Crippen MR) is 97.5 cm³/mol. The van der Waals surface area contributed by atoms with E-state index in [2.05, 4.69) is 16.8 Å². The van der Waals surface area contributed by atoms with Gasteiger partial charge in [0.2, 0.25) is 0 Å². The van der Waals surface area contributed by atoms with Gasteiger partial charge in [0.1, 0.15) is 17.4 Å². The van der Waals surface area contributed by atoms with Crippen molar-refractivity contribution >= 4 is 11.6 Å². The van der Waals surface area contributed by atoms with Gasteiger partial charge in [-0.05, 0) is 38.1 Å². The lowest BCUT2D eigenvalue weighted by Crippen LogP contribution is -2.47. The van der Waals surface area contributed by atoms with E-state index in [1.165, 1.54) is 0 Å². The molecule has 2 heterocycles. The number of rotatable bonds is 4. The number of benzene rings is 1. The third kappa shape index (κ3) is 3.52. The molecule has 1 atom stereocenters. The SMILES string of the molecule is CCN1CC(CN(C)C(=O)c2ccc(C)[nH]c2=O)Oc2ccccc21. The second kappa shape index (κ2) is 7.01. The van der Waals surface area contributed by atoms with Crippen LogP contribution in [0.4, 0.5) is 5.69 Å². The number of fused-ring (bicyclic) bond motifs is 1. The van der Waals surface area contributed by atoms with Crippen molar-refractivity contribution in [3.05, 3.63) is 58.0 Å². The van der Waals surface area contributed by atoms with Crippen LogP contribution in [-0.4, -0.2) is 48.6 Å². The number of aryl methyl sites for hydroxylation is 1. The largest absolute Gasteiger partial charge is 0.485 e. The quantitative estimate of drug-likeness (QED) is 0.924. The van der Waals surface area contributed by atoms with Crippen molar-refractivity contribution < 1.29 is 9.53 Å². The lowest BCUT2D eigenvalue weighted by atomic mass is 10.1. The maximum atomic E-state index is 12.6. The number of para-hydroxylation sites is 2. The van der Waals surface area contributed by atoms with E-state index >= 15 is 0 Å². The maximum Gasteiger partial charge on any atom is 0.260 e. The van der Waals surface area contributed by atoms with Crippen LogP contribution in [0.2, 0.25) is 0 Å². The van der Waals surface area contributed by atoms with E-state index in [-0.39, 0.29) is 23.1 Å². The van der Waals surface area contributed by atoms with Gasteiger partial charge in [-0.15, -0.1) is 0 Å². The summed E-state index contributed by atoms with van der Waals surface area (Å²) in [5, 5.41) is 0. The van der Waals surface area contributed by atoms with Gasteiger partial charge in [-0.1, -0.05) is 12.1 Å². The first-order valence-corrected chi connectivity index (χ1v) is 8.45. The Morgan fingerprint density at radius 3 is 2.80 bits per heavy atom. The maximum absolute atomic E-state index is 12.6. The number of hydrogen-bond donors (Lipinski definition) is 1. The molecule has 25 heavy (non-hydrogen) atoms. The number of nitrogens with zero attached hydrogens (tertiary/aromatic N) is 2. The minimum atomic E-state index is -0.359. The number of ether oxygens (including phenoxy) is 1. The highest BCUT2D eigenvalue weighted by Gasteiger charge is 2.27. The van der Waals surface area contributed by atoms with Gasteiger partial charge >= 0.3 is 0 Å². The van der Waals surface area contributed by atoms with Gasteiger partial charge in [0.05, 0.1) is 18.8 Å².